The van der Waals surface area contributed by atoms with Crippen LogP contribution < -0.4 is 10.2 Å². The molecule has 0 bridgehead atoms. The van der Waals surface area contributed by atoms with Crippen molar-refractivity contribution in [1.82, 2.24) is 10.2 Å². The lowest BCUT2D eigenvalue weighted by molar-refractivity contribution is -0.117. The fourth-order valence-corrected chi connectivity index (χ4v) is 3.38. The Morgan fingerprint density at radius 1 is 1.35 bits per heavy atom. The standard InChI is InChI=1S/C17H23N3O2.ClH/c1-18-11-13-7-9-19(12-13)17(22)14-4-2-5-15(10-14)20-8-3-6-16(20)21;/h2,4-5,10,13,18H,3,6-9,11-12H2,1H3;1H. The summed E-state index contributed by atoms with van der Waals surface area (Å²) in [6.07, 6.45) is 2.56. The molecule has 2 saturated heterocycles. The smallest absolute Gasteiger partial charge is 0.253 e. The zero-order chi connectivity index (χ0) is 15.5. The van der Waals surface area contributed by atoms with E-state index in [2.05, 4.69) is 5.32 Å². The molecule has 1 aromatic carbocycles. The van der Waals surface area contributed by atoms with Crippen LogP contribution in [0.3, 0.4) is 0 Å². The van der Waals surface area contributed by atoms with E-state index in [1.54, 1.807) is 4.90 Å². The molecule has 1 aromatic rings. The molecule has 6 heteroatoms. The number of nitrogens with one attached hydrogen (secondary N) is 1. The molecule has 0 aromatic heterocycles. The van der Waals surface area contributed by atoms with Crippen molar-refractivity contribution in [3.05, 3.63) is 29.8 Å². The van der Waals surface area contributed by atoms with Gasteiger partial charge in [0.2, 0.25) is 5.91 Å². The molecule has 3 rings (SSSR count). The SMILES string of the molecule is CNCC1CCN(C(=O)c2cccc(N3CCCC3=O)c2)C1.Cl. The summed E-state index contributed by atoms with van der Waals surface area (Å²) in [5.74, 6) is 0.768. The average molecular weight is 338 g/mol. The third-order valence-electron chi connectivity index (χ3n) is 4.54. The van der Waals surface area contributed by atoms with Crippen LogP contribution in [0.25, 0.3) is 0 Å². The van der Waals surface area contributed by atoms with Crippen molar-refractivity contribution in [1.29, 1.82) is 0 Å². The van der Waals surface area contributed by atoms with Crippen molar-refractivity contribution in [2.75, 3.05) is 38.1 Å². The third kappa shape index (κ3) is 3.85. The number of rotatable bonds is 4. The van der Waals surface area contributed by atoms with Crippen LogP contribution in [-0.4, -0.2) is 49.9 Å². The number of carbonyl (C=O) groups excluding carboxylic acids is 2. The second kappa shape index (κ2) is 7.79. The highest BCUT2D eigenvalue weighted by Gasteiger charge is 2.27. The zero-order valence-corrected chi connectivity index (χ0v) is 14.3. The van der Waals surface area contributed by atoms with Gasteiger partial charge in [0.05, 0.1) is 0 Å². The molecular formula is C17H24ClN3O2. The first-order valence-electron chi connectivity index (χ1n) is 8.03. The Hall–Kier alpha value is -1.59. The molecule has 1 unspecified atom stereocenters. The van der Waals surface area contributed by atoms with Crippen LogP contribution in [0.5, 0.6) is 0 Å². The second-order valence-electron chi connectivity index (χ2n) is 6.16. The molecule has 0 spiro atoms. The first kappa shape index (κ1) is 17.8. The Morgan fingerprint density at radius 3 is 2.87 bits per heavy atom. The van der Waals surface area contributed by atoms with Crippen LogP contribution in [0, 0.1) is 5.92 Å². The Labute approximate surface area is 143 Å². The Morgan fingerprint density at radius 2 is 2.17 bits per heavy atom. The van der Waals surface area contributed by atoms with Crippen molar-refractivity contribution < 1.29 is 9.59 Å². The fraction of sp³-hybridized carbons (Fsp3) is 0.529. The van der Waals surface area contributed by atoms with Gasteiger partial charge in [-0.25, -0.2) is 0 Å². The van der Waals surface area contributed by atoms with Gasteiger partial charge in [-0.15, -0.1) is 12.4 Å². The van der Waals surface area contributed by atoms with E-state index in [1.807, 2.05) is 36.2 Å². The number of carbonyl (C=O) groups is 2. The number of hydrogen-bond donors (Lipinski definition) is 1. The zero-order valence-electron chi connectivity index (χ0n) is 13.5. The molecule has 5 nitrogen and oxygen atoms in total. The number of halogens is 1. The summed E-state index contributed by atoms with van der Waals surface area (Å²) in [6.45, 7) is 3.33. The van der Waals surface area contributed by atoms with Crippen molar-refractivity contribution in [3.63, 3.8) is 0 Å². The highest BCUT2D eigenvalue weighted by molar-refractivity contribution is 5.99. The molecule has 0 aliphatic carbocycles. The summed E-state index contributed by atoms with van der Waals surface area (Å²) in [5, 5.41) is 3.18. The van der Waals surface area contributed by atoms with Crippen molar-refractivity contribution in [3.8, 4) is 0 Å². The maximum atomic E-state index is 12.6. The summed E-state index contributed by atoms with van der Waals surface area (Å²) < 4.78 is 0. The summed E-state index contributed by atoms with van der Waals surface area (Å²) in [4.78, 5) is 28.2. The van der Waals surface area contributed by atoms with E-state index in [9.17, 15) is 9.59 Å². The summed E-state index contributed by atoms with van der Waals surface area (Å²) in [7, 11) is 1.95. The lowest BCUT2D eigenvalue weighted by Gasteiger charge is -2.19. The molecule has 0 saturated carbocycles. The first-order chi connectivity index (χ1) is 10.7. The Balaban J connectivity index is 0.00000192. The lowest BCUT2D eigenvalue weighted by atomic mass is 10.1. The van der Waals surface area contributed by atoms with Gasteiger partial charge in [-0.05, 0) is 50.6 Å². The number of nitrogens with zero attached hydrogens (tertiary/aromatic N) is 2. The summed E-state index contributed by atoms with van der Waals surface area (Å²) in [6, 6.07) is 7.48. The number of anilines is 1. The van der Waals surface area contributed by atoms with Gasteiger partial charge in [0.15, 0.2) is 0 Å². The number of amides is 2. The van der Waals surface area contributed by atoms with Gasteiger partial charge in [-0.3, -0.25) is 9.59 Å². The monoisotopic (exact) mass is 337 g/mol. The van der Waals surface area contributed by atoms with Gasteiger partial charge in [-0.2, -0.15) is 0 Å². The number of benzene rings is 1. The van der Waals surface area contributed by atoms with Crippen LogP contribution in [-0.2, 0) is 4.79 Å². The van der Waals surface area contributed by atoms with E-state index < -0.39 is 0 Å². The van der Waals surface area contributed by atoms with Crippen LogP contribution in [0.4, 0.5) is 5.69 Å². The largest absolute Gasteiger partial charge is 0.338 e. The molecule has 2 heterocycles. The molecular weight excluding hydrogens is 314 g/mol. The maximum absolute atomic E-state index is 12.6. The second-order valence-corrected chi connectivity index (χ2v) is 6.16. The summed E-state index contributed by atoms with van der Waals surface area (Å²) >= 11 is 0. The van der Waals surface area contributed by atoms with E-state index in [4.69, 9.17) is 0 Å². The predicted octanol–water partition coefficient (Wildman–Crippen LogP) is 1.92. The average Bonchev–Trinajstić information content (AvgIpc) is 3.16. The van der Waals surface area contributed by atoms with Gasteiger partial charge in [-0.1, -0.05) is 6.07 Å². The van der Waals surface area contributed by atoms with E-state index >= 15 is 0 Å². The normalized spacial score (nSPS) is 20.7. The highest BCUT2D eigenvalue weighted by Crippen LogP contribution is 2.24. The minimum atomic E-state index is 0. The minimum Gasteiger partial charge on any atom is -0.338 e. The fourth-order valence-electron chi connectivity index (χ4n) is 3.38. The molecule has 2 aliphatic rings. The van der Waals surface area contributed by atoms with Gasteiger partial charge in [0.25, 0.3) is 5.91 Å². The maximum Gasteiger partial charge on any atom is 0.253 e. The molecule has 126 valence electrons. The molecule has 2 amide bonds. The molecule has 2 aliphatic heterocycles. The molecule has 23 heavy (non-hydrogen) atoms. The van der Waals surface area contributed by atoms with Gasteiger partial charge in [0, 0.05) is 37.3 Å². The van der Waals surface area contributed by atoms with Crippen molar-refractivity contribution in [2.24, 2.45) is 5.92 Å². The van der Waals surface area contributed by atoms with Crippen LogP contribution >= 0.6 is 12.4 Å². The highest BCUT2D eigenvalue weighted by atomic mass is 35.5. The van der Waals surface area contributed by atoms with Crippen LogP contribution in [0.15, 0.2) is 24.3 Å². The predicted molar refractivity (Wildman–Crippen MR) is 93.2 cm³/mol. The van der Waals surface area contributed by atoms with Crippen molar-refractivity contribution in [2.45, 2.75) is 19.3 Å². The van der Waals surface area contributed by atoms with E-state index in [1.165, 1.54) is 0 Å². The number of hydrogen-bond acceptors (Lipinski definition) is 3. The molecule has 2 fully saturated rings. The van der Waals surface area contributed by atoms with Gasteiger partial charge in [0.1, 0.15) is 0 Å². The van der Waals surface area contributed by atoms with Crippen molar-refractivity contribution >= 4 is 29.9 Å². The minimum absolute atomic E-state index is 0. The van der Waals surface area contributed by atoms with Gasteiger partial charge < -0.3 is 15.1 Å². The molecule has 1 N–H and O–H groups in total. The van der Waals surface area contributed by atoms with Crippen LogP contribution in [0.2, 0.25) is 0 Å². The van der Waals surface area contributed by atoms with E-state index in [-0.39, 0.29) is 24.2 Å². The van der Waals surface area contributed by atoms with Gasteiger partial charge >= 0.3 is 0 Å². The van der Waals surface area contributed by atoms with E-state index in [0.717, 1.165) is 44.7 Å². The topological polar surface area (TPSA) is 52.7 Å². The van der Waals surface area contributed by atoms with E-state index in [0.29, 0.717) is 17.9 Å². The number of likely N-dealkylation sites (tertiary alicyclic amines) is 1. The first-order valence-corrected chi connectivity index (χ1v) is 8.03. The third-order valence-corrected chi connectivity index (χ3v) is 4.54. The van der Waals surface area contributed by atoms with Crippen LogP contribution in [0.1, 0.15) is 29.6 Å². The molecule has 1 atom stereocenters. The Kier molecular flexibility index (Phi) is 6.02. The Bertz CT molecular complexity index is 579. The quantitative estimate of drug-likeness (QED) is 0.913. The summed E-state index contributed by atoms with van der Waals surface area (Å²) in [5.41, 5.74) is 1.53. The lowest BCUT2D eigenvalue weighted by Crippen LogP contribution is -2.30. The molecule has 0 radical (unpaired) electrons.